The van der Waals surface area contributed by atoms with Crippen molar-refractivity contribution in [2.75, 3.05) is 13.6 Å². The Hall–Kier alpha value is -1.31. The SMILES string of the molecule is Cc1cc(Cl)ccc1-c1ccc2c(c1)CCN(C)C2. The van der Waals surface area contributed by atoms with E-state index in [2.05, 4.69) is 43.1 Å². The Morgan fingerprint density at radius 1 is 1.05 bits per heavy atom. The third-order valence-electron chi connectivity index (χ3n) is 3.91. The van der Waals surface area contributed by atoms with Crippen molar-refractivity contribution in [1.29, 1.82) is 0 Å². The summed E-state index contributed by atoms with van der Waals surface area (Å²) in [4.78, 5) is 2.37. The molecule has 1 aliphatic rings. The van der Waals surface area contributed by atoms with Crippen molar-refractivity contribution in [2.45, 2.75) is 19.9 Å². The molecule has 1 nitrogen and oxygen atoms in total. The quantitative estimate of drug-likeness (QED) is 0.747. The number of aryl methyl sites for hydroxylation is 1. The summed E-state index contributed by atoms with van der Waals surface area (Å²) in [6, 6.07) is 13.0. The highest BCUT2D eigenvalue weighted by molar-refractivity contribution is 6.30. The van der Waals surface area contributed by atoms with Gasteiger partial charge < -0.3 is 4.90 Å². The Bertz CT molecular complexity index is 619. The summed E-state index contributed by atoms with van der Waals surface area (Å²) in [7, 11) is 2.18. The average molecular weight is 272 g/mol. The van der Waals surface area contributed by atoms with Crippen molar-refractivity contribution in [3.8, 4) is 11.1 Å². The lowest BCUT2D eigenvalue weighted by atomic mass is 9.93. The van der Waals surface area contributed by atoms with Crippen molar-refractivity contribution >= 4 is 11.6 Å². The molecule has 0 bridgehead atoms. The van der Waals surface area contributed by atoms with Gasteiger partial charge in [-0.25, -0.2) is 0 Å². The number of likely N-dealkylation sites (N-methyl/N-ethyl adjacent to an activating group) is 1. The molecule has 0 radical (unpaired) electrons. The van der Waals surface area contributed by atoms with Gasteiger partial charge in [-0.2, -0.15) is 0 Å². The van der Waals surface area contributed by atoms with Gasteiger partial charge in [-0.15, -0.1) is 0 Å². The van der Waals surface area contributed by atoms with Gasteiger partial charge in [0.05, 0.1) is 0 Å². The minimum Gasteiger partial charge on any atom is -0.302 e. The van der Waals surface area contributed by atoms with E-state index in [1.165, 1.54) is 27.8 Å². The first-order valence-corrected chi connectivity index (χ1v) is 7.08. The van der Waals surface area contributed by atoms with E-state index in [0.29, 0.717) is 0 Å². The molecule has 0 amide bonds. The second-order valence-electron chi connectivity index (χ2n) is 5.43. The summed E-state index contributed by atoms with van der Waals surface area (Å²) < 4.78 is 0. The van der Waals surface area contributed by atoms with E-state index < -0.39 is 0 Å². The number of benzene rings is 2. The highest BCUT2D eigenvalue weighted by Crippen LogP contribution is 2.29. The minimum atomic E-state index is 0.806. The summed E-state index contributed by atoms with van der Waals surface area (Å²) in [5.41, 5.74) is 6.78. The standard InChI is InChI=1S/C17H18ClN/c1-12-9-16(18)5-6-17(12)14-3-4-15-11-19(2)8-7-13(15)10-14/h3-6,9-10H,7-8,11H2,1-2H3. The lowest BCUT2D eigenvalue weighted by molar-refractivity contribution is 0.313. The Labute approximate surface area is 119 Å². The summed E-state index contributed by atoms with van der Waals surface area (Å²) in [5.74, 6) is 0. The van der Waals surface area contributed by atoms with Crippen LogP contribution in [0, 0.1) is 6.92 Å². The maximum Gasteiger partial charge on any atom is 0.0409 e. The molecule has 1 heterocycles. The number of nitrogens with zero attached hydrogens (tertiary/aromatic N) is 1. The predicted molar refractivity (Wildman–Crippen MR) is 81.7 cm³/mol. The predicted octanol–water partition coefficient (Wildman–Crippen LogP) is 4.30. The van der Waals surface area contributed by atoms with Crippen LogP contribution in [-0.4, -0.2) is 18.5 Å². The molecule has 0 N–H and O–H groups in total. The van der Waals surface area contributed by atoms with Gasteiger partial charge in [-0.3, -0.25) is 0 Å². The smallest absolute Gasteiger partial charge is 0.0409 e. The molecule has 0 saturated heterocycles. The fourth-order valence-corrected chi connectivity index (χ4v) is 3.04. The monoisotopic (exact) mass is 271 g/mol. The molecule has 0 spiro atoms. The highest BCUT2D eigenvalue weighted by atomic mass is 35.5. The molecule has 0 atom stereocenters. The average Bonchev–Trinajstić information content (AvgIpc) is 2.38. The molecule has 2 heteroatoms. The van der Waals surface area contributed by atoms with Gasteiger partial charge in [0.2, 0.25) is 0 Å². The zero-order valence-corrected chi connectivity index (χ0v) is 12.2. The molecule has 19 heavy (non-hydrogen) atoms. The first-order chi connectivity index (χ1) is 9.13. The van der Waals surface area contributed by atoms with Gasteiger partial charge in [0.25, 0.3) is 0 Å². The first-order valence-electron chi connectivity index (χ1n) is 6.70. The fourth-order valence-electron chi connectivity index (χ4n) is 2.81. The van der Waals surface area contributed by atoms with E-state index in [1.54, 1.807) is 0 Å². The molecule has 98 valence electrons. The van der Waals surface area contributed by atoms with Crippen LogP contribution in [0.2, 0.25) is 5.02 Å². The van der Waals surface area contributed by atoms with E-state index in [-0.39, 0.29) is 0 Å². The molecule has 0 aliphatic carbocycles. The number of fused-ring (bicyclic) bond motifs is 1. The first kappa shape index (κ1) is 12.7. The fraction of sp³-hybridized carbons (Fsp3) is 0.294. The Kier molecular flexibility index (Phi) is 3.34. The maximum atomic E-state index is 6.03. The highest BCUT2D eigenvalue weighted by Gasteiger charge is 2.14. The van der Waals surface area contributed by atoms with E-state index in [1.807, 2.05) is 12.1 Å². The van der Waals surface area contributed by atoms with Crippen LogP contribution in [0.3, 0.4) is 0 Å². The van der Waals surface area contributed by atoms with Crippen molar-refractivity contribution in [2.24, 2.45) is 0 Å². The largest absolute Gasteiger partial charge is 0.302 e. The van der Waals surface area contributed by atoms with Crippen molar-refractivity contribution in [1.82, 2.24) is 4.90 Å². The van der Waals surface area contributed by atoms with E-state index in [4.69, 9.17) is 11.6 Å². The molecular weight excluding hydrogens is 254 g/mol. The van der Waals surface area contributed by atoms with Gasteiger partial charge >= 0.3 is 0 Å². The van der Waals surface area contributed by atoms with Gasteiger partial charge in [-0.1, -0.05) is 35.9 Å². The second-order valence-corrected chi connectivity index (χ2v) is 5.87. The van der Waals surface area contributed by atoms with Crippen LogP contribution in [0.1, 0.15) is 16.7 Å². The van der Waals surface area contributed by atoms with Crippen LogP contribution < -0.4 is 0 Å². The van der Waals surface area contributed by atoms with Gasteiger partial charge in [0.15, 0.2) is 0 Å². The van der Waals surface area contributed by atoms with Crippen LogP contribution in [0.25, 0.3) is 11.1 Å². The van der Waals surface area contributed by atoms with Crippen LogP contribution >= 0.6 is 11.6 Å². The van der Waals surface area contributed by atoms with Crippen LogP contribution in [0.4, 0.5) is 0 Å². The molecule has 1 aliphatic heterocycles. The van der Waals surface area contributed by atoms with Crippen molar-refractivity contribution < 1.29 is 0 Å². The van der Waals surface area contributed by atoms with E-state index >= 15 is 0 Å². The third kappa shape index (κ3) is 2.54. The molecule has 2 aromatic carbocycles. The normalized spacial score (nSPS) is 15.3. The molecule has 2 aromatic rings. The number of halogens is 1. The topological polar surface area (TPSA) is 3.24 Å². The van der Waals surface area contributed by atoms with Crippen molar-refractivity contribution in [3.63, 3.8) is 0 Å². The van der Waals surface area contributed by atoms with Crippen LogP contribution in [-0.2, 0) is 13.0 Å². The Balaban J connectivity index is 2.02. The number of hydrogen-bond acceptors (Lipinski definition) is 1. The van der Waals surface area contributed by atoms with Gasteiger partial charge in [0, 0.05) is 18.1 Å². The summed E-state index contributed by atoms with van der Waals surface area (Å²) in [5, 5.41) is 0.806. The second kappa shape index (κ2) is 4.99. The van der Waals surface area contributed by atoms with Crippen LogP contribution in [0.5, 0.6) is 0 Å². The summed E-state index contributed by atoms with van der Waals surface area (Å²) in [6.07, 6.45) is 1.15. The van der Waals surface area contributed by atoms with E-state index in [9.17, 15) is 0 Å². The van der Waals surface area contributed by atoms with E-state index in [0.717, 1.165) is 24.5 Å². The molecule has 0 unspecified atom stereocenters. The summed E-state index contributed by atoms with van der Waals surface area (Å²) >= 11 is 6.03. The molecule has 0 saturated carbocycles. The molecular formula is C17H18ClN. The summed E-state index contributed by atoms with van der Waals surface area (Å²) in [6.45, 7) is 4.33. The van der Waals surface area contributed by atoms with Crippen molar-refractivity contribution in [3.05, 3.63) is 58.1 Å². The lowest BCUT2D eigenvalue weighted by Crippen LogP contribution is -2.26. The molecule has 0 fully saturated rings. The minimum absolute atomic E-state index is 0.806. The lowest BCUT2D eigenvalue weighted by Gasteiger charge is -2.25. The molecule has 3 rings (SSSR count). The van der Waals surface area contributed by atoms with Gasteiger partial charge in [0.1, 0.15) is 0 Å². The number of rotatable bonds is 1. The third-order valence-corrected chi connectivity index (χ3v) is 4.14. The zero-order chi connectivity index (χ0) is 13.4. The Morgan fingerprint density at radius 3 is 2.68 bits per heavy atom. The molecule has 0 aromatic heterocycles. The van der Waals surface area contributed by atoms with Gasteiger partial charge in [-0.05, 0) is 60.3 Å². The maximum absolute atomic E-state index is 6.03. The van der Waals surface area contributed by atoms with Crippen LogP contribution in [0.15, 0.2) is 36.4 Å². The number of hydrogen-bond donors (Lipinski definition) is 0. The Morgan fingerprint density at radius 2 is 1.89 bits per heavy atom. The zero-order valence-electron chi connectivity index (χ0n) is 11.4.